The molecule has 1 fully saturated rings. The van der Waals surface area contributed by atoms with E-state index in [4.69, 9.17) is 0 Å². The third kappa shape index (κ3) is 2.01. The molecule has 4 amide bonds. The summed E-state index contributed by atoms with van der Waals surface area (Å²) in [6, 6.07) is 7.27. The number of urea groups is 1. The van der Waals surface area contributed by atoms with Crippen LogP contribution >= 0.6 is 0 Å². The van der Waals surface area contributed by atoms with Gasteiger partial charge in [0, 0.05) is 6.42 Å². The molecule has 0 unspecified atom stereocenters. The Labute approximate surface area is 96.0 Å². The van der Waals surface area contributed by atoms with Crippen molar-refractivity contribution in [3.05, 3.63) is 35.9 Å². The van der Waals surface area contributed by atoms with Crippen molar-refractivity contribution in [2.45, 2.75) is 12.1 Å². The molecule has 6 heteroatoms. The molecule has 1 aromatic rings. The van der Waals surface area contributed by atoms with Crippen molar-refractivity contribution in [1.82, 2.24) is 10.6 Å². The van der Waals surface area contributed by atoms with Crippen molar-refractivity contribution >= 4 is 17.8 Å². The molecular formula is C11H9FN2O3. The fraction of sp³-hybridized carbons (Fsp3) is 0.182. The van der Waals surface area contributed by atoms with Gasteiger partial charge in [-0.25, -0.2) is 9.18 Å². The molecule has 2 rings (SSSR count). The number of benzene rings is 1. The van der Waals surface area contributed by atoms with Crippen LogP contribution in [0.5, 0.6) is 0 Å². The van der Waals surface area contributed by atoms with E-state index < -0.39 is 29.9 Å². The van der Waals surface area contributed by atoms with Crippen LogP contribution < -0.4 is 10.6 Å². The third-order valence-electron chi connectivity index (χ3n) is 2.46. The number of imide groups is 2. The number of rotatable bonds is 2. The number of halogens is 1. The highest BCUT2D eigenvalue weighted by atomic mass is 19.1. The maximum atomic E-state index is 14.2. The van der Waals surface area contributed by atoms with Crippen molar-refractivity contribution in [2.75, 3.05) is 0 Å². The minimum absolute atomic E-state index is 0.404. The molecule has 1 aromatic carbocycles. The molecule has 0 aliphatic carbocycles. The first-order chi connectivity index (χ1) is 8.02. The number of hydrogen-bond donors (Lipinski definition) is 2. The average Bonchev–Trinajstić information content (AvgIpc) is 2.28. The van der Waals surface area contributed by atoms with Crippen molar-refractivity contribution in [2.24, 2.45) is 0 Å². The van der Waals surface area contributed by atoms with E-state index in [2.05, 4.69) is 0 Å². The first kappa shape index (κ1) is 11.3. The summed E-state index contributed by atoms with van der Waals surface area (Å²) >= 11 is 0. The van der Waals surface area contributed by atoms with Gasteiger partial charge in [-0.2, -0.15) is 0 Å². The summed E-state index contributed by atoms with van der Waals surface area (Å²) in [6.45, 7) is 0. The lowest BCUT2D eigenvalue weighted by atomic mass is 9.93. The standard InChI is InChI=1S/C11H9FN2O3/c12-11(6-7-4-2-1-3-5-7)8(15)13-10(17)14-9(11)16/h1-5H,6H2,(H2,13,14,15,16,17). The molecule has 0 atom stereocenters. The Balaban J connectivity index is 2.26. The van der Waals surface area contributed by atoms with Crippen molar-refractivity contribution in [1.29, 1.82) is 0 Å². The zero-order chi connectivity index (χ0) is 12.5. The van der Waals surface area contributed by atoms with Crippen LogP contribution in [-0.2, 0) is 16.0 Å². The predicted molar refractivity (Wildman–Crippen MR) is 55.7 cm³/mol. The fourth-order valence-corrected chi connectivity index (χ4v) is 1.58. The number of hydrogen-bond acceptors (Lipinski definition) is 3. The monoisotopic (exact) mass is 236 g/mol. The normalized spacial score (nSPS) is 18.5. The van der Waals surface area contributed by atoms with E-state index in [0.29, 0.717) is 5.56 Å². The van der Waals surface area contributed by atoms with E-state index in [9.17, 15) is 18.8 Å². The predicted octanol–water partition coefficient (Wildman–Crippen LogP) is 0.303. The lowest BCUT2D eigenvalue weighted by Crippen LogP contribution is -2.65. The summed E-state index contributed by atoms with van der Waals surface area (Å²) in [7, 11) is 0. The van der Waals surface area contributed by atoms with Crippen molar-refractivity contribution < 1.29 is 18.8 Å². The second kappa shape index (κ2) is 3.97. The van der Waals surface area contributed by atoms with Crippen LogP contribution in [0.1, 0.15) is 5.56 Å². The first-order valence-electron chi connectivity index (χ1n) is 4.92. The van der Waals surface area contributed by atoms with Gasteiger partial charge in [-0.05, 0) is 5.56 Å². The molecule has 88 valence electrons. The van der Waals surface area contributed by atoms with Gasteiger partial charge in [0.1, 0.15) is 0 Å². The van der Waals surface area contributed by atoms with E-state index >= 15 is 0 Å². The second-order valence-corrected chi connectivity index (χ2v) is 3.70. The SMILES string of the molecule is O=C1NC(=O)C(F)(Cc2ccccc2)C(=O)N1. The molecule has 1 heterocycles. The molecule has 0 radical (unpaired) electrons. The van der Waals surface area contributed by atoms with Crippen LogP contribution in [0.25, 0.3) is 0 Å². The summed E-state index contributed by atoms with van der Waals surface area (Å²) in [5, 5.41) is 3.47. The van der Waals surface area contributed by atoms with Gasteiger partial charge in [-0.3, -0.25) is 20.2 Å². The number of alkyl halides is 1. The largest absolute Gasteiger partial charge is 0.328 e. The maximum absolute atomic E-state index is 14.2. The molecule has 0 saturated carbocycles. The quantitative estimate of drug-likeness (QED) is 0.725. The van der Waals surface area contributed by atoms with Gasteiger partial charge in [-0.15, -0.1) is 0 Å². The van der Waals surface area contributed by atoms with Crippen molar-refractivity contribution in [3.63, 3.8) is 0 Å². The van der Waals surface area contributed by atoms with Crippen LogP contribution in [0.4, 0.5) is 9.18 Å². The highest BCUT2D eigenvalue weighted by Gasteiger charge is 2.51. The van der Waals surface area contributed by atoms with Crippen LogP contribution in [0.3, 0.4) is 0 Å². The number of carbonyl (C=O) groups is 3. The fourth-order valence-electron chi connectivity index (χ4n) is 1.58. The summed E-state index contributed by atoms with van der Waals surface area (Å²) in [4.78, 5) is 33.5. The number of barbiturate groups is 1. The van der Waals surface area contributed by atoms with Gasteiger partial charge in [0.2, 0.25) is 0 Å². The van der Waals surface area contributed by atoms with Gasteiger partial charge < -0.3 is 0 Å². The minimum atomic E-state index is -2.74. The van der Waals surface area contributed by atoms with Gasteiger partial charge in [0.05, 0.1) is 0 Å². The van der Waals surface area contributed by atoms with Crippen molar-refractivity contribution in [3.8, 4) is 0 Å². The molecule has 5 nitrogen and oxygen atoms in total. The molecule has 0 spiro atoms. The minimum Gasteiger partial charge on any atom is -0.274 e. The Morgan fingerprint density at radius 1 is 1.00 bits per heavy atom. The third-order valence-corrected chi connectivity index (χ3v) is 2.46. The summed E-state index contributed by atoms with van der Waals surface area (Å²) in [5.74, 6) is -2.45. The summed E-state index contributed by atoms with van der Waals surface area (Å²) < 4.78 is 14.2. The summed E-state index contributed by atoms with van der Waals surface area (Å²) in [6.07, 6.45) is -0.404. The zero-order valence-electron chi connectivity index (χ0n) is 8.70. The molecule has 17 heavy (non-hydrogen) atoms. The van der Waals surface area contributed by atoms with E-state index in [0.717, 1.165) is 0 Å². The van der Waals surface area contributed by atoms with E-state index in [1.54, 1.807) is 41.0 Å². The number of carbonyl (C=O) groups excluding carboxylic acids is 3. The Hall–Kier alpha value is -2.24. The molecule has 0 bridgehead atoms. The molecule has 1 aliphatic heterocycles. The first-order valence-corrected chi connectivity index (χ1v) is 4.92. The van der Waals surface area contributed by atoms with E-state index in [1.807, 2.05) is 0 Å². The zero-order valence-corrected chi connectivity index (χ0v) is 8.70. The Kier molecular flexibility index (Phi) is 2.63. The van der Waals surface area contributed by atoms with Crippen LogP contribution in [0, 0.1) is 0 Å². The van der Waals surface area contributed by atoms with E-state index in [-0.39, 0.29) is 0 Å². The second-order valence-electron chi connectivity index (χ2n) is 3.70. The van der Waals surface area contributed by atoms with Crippen LogP contribution in [0.15, 0.2) is 30.3 Å². The topological polar surface area (TPSA) is 75.3 Å². The van der Waals surface area contributed by atoms with Crippen LogP contribution in [0.2, 0.25) is 0 Å². The number of amides is 4. The lowest BCUT2D eigenvalue weighted by Gasteiger charge is -2.26. The molecular weight excluding hydrogens is 227 g/mol. The molecule has 0 aromatic heterocycles. The van der Waals surface area contributed by atoms with E-state index in [1.165, 1.54) is 0 Å². The highest BCUT2D eigenvalue weighted by molar-refractivity contribution is 6.21. The number of nitrogens with one attached hydrogen (secondary N) is 2. The Morgan fingerprint density at radius 3 is 2.06 bits per heavy atom. The Bertz CT molecular complexity index is 467. The van der Waals surface area contributed by atoms with Gasteiger partial charge >= 0.3 is 6.03 Å². The van der Waals surface area contributed by atoms with Crippen LogP contribution in [-0.4, -0.2) is 23.5 Å². The molecule has 1 saturated heterocycles. The molecule has 1 aliphatic rings. The molecule has 2 N–H and O–H groups in total. The van der Waals surface area contributed by atoms with Gasteiger partial charge in [-0.1, -0.05) is 30.3 Å². The highest BCUT2D eigenvalue weighted by Crippen LogP contribution is 2.21. The average molecular weight is 236 g/mol. The summed E-state index contributed by atoms with van der Waals surface area (Å²) in [5.41, 5.74) is -2.25. The lowest BCUT2D eigenvalue weighted by molar-refractivity contribution is -0.146. The Morgan fingerprint density at radius 2 is 1.53 bits per heavy atom. The maximum Gasteiger partial charge on any atom is 0.328 e. The smallest absolute Gasteiger partial charge is 0.274 e. The van der Waals surface area contributed by atoms with Gasteiger partial charge in [0.15, 0.2) is 0 Å². The van der Waals surface area contributed by atoms with Gasteiger partial charge in [0.25, 0.3) is 17.5 Å².